The van der Waals surface area contributed by atoms with Gasteiger partial charge in [0, 0.05) is 24.0 Å². The van der Waals surface area contributed by atoms with Gasteiger partial charge in [0.05, 0.1) is 0 Å². The van der Waals surface area contributed by atoms with Gasteiger partial charge in [0.25, 0.3) is 5.92 Å². The van der Waals surface area contributed by atoms with Crippen LogP contribution in [0.25, 0.3) is 0 Å². The number of hydrogen-bond acceptors (Lipinski definition) is 1. The summed E-state index contributed by atoms with van der Waals surface area (Å²) in [6.45, 7) is 1.45. The zero-order valence-electron chi connectivity index (χ0n) is 8.11. The van der Waals surface area contributed by atoms with Crippen LogP contribution in [-0.4, -0.2) is 5.78 Å². The molecule has 0 bridgehead atoms. The average molecular weight is 214 g/mol. The zero-order chi connectivity index (χ0) is 11.2. The summed E-state index contributed by atoms with van der Waals surface area (Å²) in [5, 5.41) is 0. The summed E-state index contributed by atoms with van der Waals surface area (Å²) in [7, 11) is 0. The number of aryl methyl sites for hydroxylation is 1. The molecule has 0 amide bonds. The molecule has 1 aromatic carbocycles. The van der Waals surface area contributed by atoms with Gasteiger partial charge >= 0.3 is 0 Å². The number of Topliss-reactive ketones (excluding diaryl/α,β-unsaturated/α-hetero) is 1. The first-order chi connectivity index (χ1) is 6.92. The molecule has 15 heavy (non-hydrogen) atoms. The minimum absolute atomic E-state index is 0.0369. The maximum atomic E-state index is 13.4. The predicted molar refractivity (Wildman–Crippen MR) is 48.6 cm³/mol. The largest absolute Gasteiger partial charge is 0.294 e. The second kappa shape index (κ2) is 3.08. The molecule has 0 saturated heterocycles. The highest BCUT2D eigenvalue weighted by Crippen LogP contribution is 2.40. The molecule has 0 fully saturated rings. The van der Waals surface area contributed by atoms with Crippen molar-refractivity contribution in [3.63, 3.8) is 0 Å². The fraction of sp³-hybridized carbons (Fsp3) is 0.364. The number of hydrogen-bond donors (Lipinski definition) is 0. The van der Waals surface area contributed by atoms with E-state index in [1.165, 1.54) is 13.0 Å². The van der Waals surface area contributed by atoms with Gasteiger partial charge in [0.1, 0.15) is 5.82 Å². The van der Waals surface area contributed by atoms with Crippen LogP contribution in [0.3, 0.4) is 0 Å². The molecule has 0 unspecified atom stereocenters. The molecule has 1 aliphatic rings. The SMILES string of the molecule is Cc1cc2c(cc1F)C(F)(F)CCC2=O. The lowest BCUT2D eigenvalue weighted by Crippen LogP contribution is -2.25. The zero-order valence-corrected chi connectivity index (χ0v) is 8.11. The Morgan fingerprint density at radius 3 is 2.67 bits per heavy atom. The summed E-state index contributed by atoms with van der Waals surface area (Å²) in [6.07, 6.45) is -0.702. The third-order valence-corrected chi connectivity index (χ3v) is 2.66. The molecule has 0 N–H and O–H groups in total. The summed E-state index contributed by atoms with van der Waals surface area (Å²) < 4.78 is 39.9. The first kappa shape index (κ1) is 10.2. The third kappa shape index (κ3) is 1.54. The van der Waals surface area contributed by atoms with Crippen LogP contribution in [0, 0.1) is 12.7 Å². The van der Waals surface area contributed by atoms with Crippen molar-refractivity contribution in [2.75, 3.05) is 0 Å². The van der Waals surface area contributed by atoms with E-state index in [1.807, 2.05) is 0 Å². The second-order valence-corrected chi connectivity index (χ2v) is 3.77. The number of ketones is 1. The summed E-state index contributed by atoms with van der Waals surface area (Å²) in [5.41, 5.74) is -0.285. The van der Waals surface area contributed by atoms with Crippen LogP contribution >= 0.6 is 0 Å². The lowest BCUT2D eigenvalue weighted by molar-refractivity contribution is -0.0195. The quantitative estimate of drug-likeness (QED) is 0.648. The fourth-order valence-electron chi connectivity index (χ4n) is 1.75. The van der Waals surface area contributed by atoms with Gasteiger partial charge in [-0.05, 0) is 24.6 Å². The van der Waals surface area contributed by atoms with E-state index in [1.54, 1.807) is 0 Å². The van der Waals surface area contributed by atoms with Gasteiger partial charge in [-0.25, -0.2) is 13.2 Å². The summed E-state index contributed by atoms with van der Waals surface area (Å²) in [6, 6.07) is 1.99. The summed E-state index contributed by atoms with van der Waals surface area (Å²) in [4.78, 5) is 11.4. The maximum Gasteiger partial charge on any atom is 0.274 e. The Hall–Kier alpha value is -1.32. The first-order valence-electron chi connectivity index (χ1n) is 4.63. The molecule has 1 aliphatic carbocycles. The molecular weight excluding hydrogens is 205 g/mol. The minimum Gasteiger partial charge on any atom is -0.294 e. The number of halogens is 3. The van der Waals surface area contributed by atoms with Crippen molar-refractivity contribution in [1.29, 1.82) is 0 Å². The smallest absolute Gasteiger partial charge is 0.274 e. The molecule has 2 rings (SSSR count). The van der Waals surface area contributed by atoms with Crippen LogP contribution in [0.2, 0.25) is 0 Å². The number of rotatable bonds is 0. The predicted octanol–water partition coefficient (Wildman–Crippen LogP) is 3.20. The Morgan fingerprint density at radius 2 is 2.00 bits per heavy atom. The van der Waals surface area contributed by atoms with Crippen molar-refractivity contribution in [2.24, 2.45) is 0 Å². The molecule has 0 atom stereocenters. The lowest BCUT2D eigenvalue weighted by Gasteiger charge is -2.24. The fourth-order valence-corrected chi connectivity index (χ4v) is 1.75. The molecule has 0 radical (unpaired) electrons. The number of benzene rings is 1. The molecule has 0 saturated carbocycles. The van der Waals surface area contributed by atoms with Crippen LogP contribution in [0.15, 0.2) is 12.1 Å². The molecular formula is C11H9F3O. The third-order valence-electron chi connectivity index (χ3n) is 2.66. The van der Waals surface area contributed by atoms with Gasteiger partial charge in [0.15, 0.2) is 5.78 Å². The van der Waals surface area contributed by atoms with E-state index in [0.717, 1.165) is 6.07 Å². The van der Waals surface area contributed by atoms with Gasteiger partial charge < -0.3 is 0 Å². The molecule has 1 nitrogen and oxygen atoms in total. The Morgan fingerprint density at radius 1 is 1.33 bits per heavy atom. The highest BCUT2D eigenvalue weighted by Gasteiger charge is 2.40. The Balaban J connectivity index is 2.68. The number of fused-ring (bicyclic) bond motifs is 1. The van der Waals surface area contributed by atoms with Crippen molar-refractivity contribution in [2.45, 2.75) is 25.7 Å². The van der Waals surface area contributed by atoms with E-state index < -0.39 is 23.7 Å². The van der Waals surface area contributed by atoms with Crippen LogP contribution in [0.4, 0.5) is 13.2 Å². The maximum absolute atomic E-state index is 13.4. The summed E-state index contributed by atoms with van der Waals surface area (Å²) >= 11 is 0. The van der Waals surface area contributed by atoms with Crippen molar-refractivity contribution < 1.29 is 18.0 Å². The van der Waals surface area contributed by atoms with Crippen molar-refractivity contribution in [3.8, 4) is 0 Å². The molecule has 0 aliphatic heterocycles. The van der Waals surface area contributed by atoms with Crippen LogP contribution in [-0.2, 0) is 5.92 Å². The van der Waals surface area contributed by atoms with E-state index in [2.05, 4.69) is 0 Å². The molecule has 0 heterocycles. The number of carbonyl (C=O) groups is 1. The van der Waals surface area contributed by atoms with Gasteiger partial charge in [-0.3, -0.25) is 4.79 Å². The van der Waals surface area contributed by atoms with E-state index in [0.29, 0.717) is 0 Å². The van der Waals surface area contributed by atoms with Crippen molar-refractivity contribution in [1.82, 2.24) is 0 Å². The molecule has 80 valence electrons. The van der Waals surface area contributed by atoms with Gasteiger partial charge in [-0.1, -0.05) is 0 Å². The van der Waals surface area contributed by atoms with E-state index in [4.69, 9.17) is 0 Å². The highest BCUT2D eigenvalue weighted by molar-refractivity contribution is 5.99. The topological polar surface area (TPSA) is 17.1 Å². The van der Waals surface area contributed by atoms with Gasteiger partial charge in [0.2, 0.25) is 0 Å². The van der Waals surface area contributed by atoms with Crippen LogP contribution in [0.5, 0.6) is 0 Å². The molecule has 4 heteroatoms. The number of alkyl halides is 2. The van der Waals surface area contributed by atoms with Crippen molar-refractivity contribution in [3.05, 3.63) is 34.6 Å². The van der Waals surface area contributed by atoms with Crippen LogP contribution in [0.1, 0.15) is 34.3 Å². The second-order valence-electron chi connectivity index (χ2n) is 3.77. The van der Waals surface area contributed by atoms with Gasteiger partial charge in [-0.2, -0.15) is 0 Å². The van der Waals surface area contributed by atoms with E-state index in [-0.39, 0.29) is 23.3 Å². The lowest BCUT2D eigenvalue weighted by atomic mass is 9.86. The van der Waals surface area contributed by atoms with Gasteiger partial charge in [-0.15, -0.1) is 0 Å². The Kier molecular flexibility index (Phi) is 2.10. The monoisotopic (exact) mass is 214 g/mol. The standard InChI is InChI=1S/C11H9F3O/c1-6-4-7-8(5-9(6)12)11(13,14)3-2-10(7)15/h4-5H,2-3H2,1H3. The molecule has 1 aromatic rings. The number of carbonyl (C=O) groups excluding carboxylic acids is 1. The minimum atomic E-state index is -3.09. The van der Waals surface area contributed by atoms with E-state index >= 15 is 0 Å². The average Bonchev–Trinajstić information content (AvgIpc) is 2.16. The first-order valence-corrected chi connectivity index (χ1v) is 4.63. The van der Waals surface area contributed by atoms with Crippen molar-refractivity contribution >= 4 is 5.78 Å². The van der Waals surface area contributed by atoms with E-state index in [9.17, 15) is 18.0 Å². The Bertz CT molecular complexity index is 438. The highest BCUT2D eigenvalue weighted by atomic mass is 19.3. The summed E-state index contributed by atoms with van der Waals surface area (Å²) in [5.74, 6) is -4.11. The Labute approximate surface area is 84.9 Å². The molecule has 0 aromatic heterocycles. The van der Waals surface area contributed by atoms with Crippen LogP contribution < -0.4 is 0 Å². The normalized spacial score (nSPS) is 18.8. The molecule has 0 spiro atoms.